The molecule has 1 N–H and O–H groups in total. The summed E-state index contributed by atoms with van der Waals surface area (Å²) in [6, 6.07) is 5.39. The largest absolute Gasteiger partial charge is 0.489 e. The van der Waals surface area contributed by atoms with E-state index in [-0.39, 0.29) is 24.0 Å². The maximum Gasteiger partial charge on any atom is 0.261 e. The lowest BCUT2D eigenvalue weighted by atomic mass is 10.1. The van der Waals surface area contributed by atoms with Crippen LogP contribution in [0.15, 0.2) is 36.8 Å². The predicted molar refractivity (Wildman–Crippen MR) is 112 cm³/mol. The smallest absolute Gasteiger partial charge is 0.261 e. The molecule has 0 unspecified atom stereocenters. The van der Waals surface area contributed by atoms with Crippen molar-refractivity contribution in [1.29, 1.82) is 0 Å². The zero-order chi connectivity index (χ0) is 21.5. The molecule has 1 fully saturated rings. The maximum absolute atomic E-state index is 13.0. The monoisotopic (exact) mass is 421 g/mol. The van der Waals surface area contributed by atoms with Crippen molar-refractivity contribution in [1.82, 2.24) is 19.5 Å². The Morgan fingerprint density at radius 2 is 2.23 bits per heavy atom. The SMILES string of the molecule is CC(C)Oc1cc2c(cc1NC(=O)c1cnn3cccnc13)CN([C@@H]1CCOC1)C2=O. The fourth-order valence-corrected chi connectivity index (χ4v) is 4.05. The molecule has 0 aliphatic carbocycles. The normalized spacial score (nSPS) is 18.1. The number of nitrogens with zero attached hydrogens (tertiary/aromatic N) is 4. The first kappa shape index (κ1) is 19.5. The van der Waals surface area contributed by atoms with Crippen LogP contribution in [-0.2, 0) is 11.3 Å². The van der Waals surface area contributed by atoms with Crippen molar-refractivity contribution in [3.8, 4) is 5.75 Å². The lowest BCUT2D eigenvalue weighted by Gasteiger charge is -2.21. The minimum atomic E-state index is -0.340. The van der Waals surface area contributed by atoms with Gasteiger partial charge in [-0.15, -0.1) is 0 Å². The van der Waals surface area contributed by atoms with Crippen molar-refractivity contribution < 1.29 is 19.1 Å². The Morgan fingerprint density at radius 1 is 1.35 bits per heavy atom. The summed E-state index contributed by atoms with van der Waals surface area (Å²) in [5.41, 5.74) is 2.82. The summed E-state index contributed by atoms with van der Waals surface area (Å²) in [7, 11) is 0. The van der Waals surface area contributed by atoms with Gasteiger partial charge in [0.2, 0.25) is 0 Å². The van der Waals surface area contributed by atoms with E-state index in [1.165, 1.54) is 6.20 Å². The molecule has 1 aromatic carbocycles. The van der Waals surface area contributed by atoms with Crippen molar-refractivity contribution >= 4 is 23.1 Å². The van der Waals surface area contributed by atoms with Gasteiger partial charge in [0.05, 0.1) is 30.6 Å². The molecule has 31 heavy (non-hydrogen) atoms. The van der Waals surface area contributed by atoms with E-state index in [0.717, 1.165) is 12.0 Å². The zero-order valence-electron chi connectivity index (χ0n) is 17.4. The molecule has 1 atom stereocenters. The first-order chi connectivity index (χ1) is 15.0. The summed E-state index contributed by atoms with van der Waals surface area (Å²) in [6.45, 7) is 5.52. The minimum absolute atomic E-state index is 0.0242. The fourth-order valence-electron chi connectivity index (χ4n) is 4.05. The van der Waals surface area contributed by atoms with Crippen molar-refractivity contribution in [3.63, 3.8) is 0 Å². The van der Waals surface area contributed by atoms with E-state index >= 15 is 0 Å². The van der Waals surface area contributed by atoms with Crippen LogP contribution in [0.4, 0.5) is 5.69 Å². The van der Waals surface area contributed by atoms with Crippen LogP contribution >= 0.6 is 0 Å². The second kappa shape index (κ2) is 7.66. The average molecular weight is 421 g/mol. The Balaban J connectivity index is 1.47. The van der Waals surface area contributed by atoms with E-state index in [2.05, 4.69) is 15.4 Å². The Labute approximate surface area is 179 Å². The number of rotatable bonds is 5. The topological polar surface area (TPSA) is 98.1 Å². The summed E-state index contributed by atoms with van der Waals surface area (Å²) in [5, 5.41) is 7.10. The van der Waals surface area contributed by atoms with Gasteiger partial charge in [0, 0.05) is 31.1 Å². The molecule has 0 bridgehead atoms. The number of ether oxygens (including phenoxy) is 2. The highest BCUT2D eigenvalue weighted by Gasteiger charge is 2.35. The third-order valence-electron chi connectivity index (χ3n) is 5.52. The lowest BCUT2D eigenvalue weighted by molar-refractivity contribution is 0.0678. The maximum atomic E-state index is 13.0. The molecule has 5 rings (SSSR count). The molecule has 2 amide bonds. The van der Waals surface area contributed by atoms with Crippen LogP contribution in [0, 0.1) is 0 Å². The second-order valence-electron chi connectivity index (χ2n) is 8.02. The molecule has 160 valence electrons. The Kier molecular flexibility index (Phi) is 4.82. The Hall–Kier alpha value is -3.46. The standard InChI is InChI=1S/C22H23N5O4/c1-13(2)31-19-9-16-14(11-26(22(16)29)15-4-7-30-12-15)8-18(19)25-21(28)17-10-24-27-6-3-5-23-20(17)27/h3,5-6,8-10,13,15H,4,7,11-12H2,1-2H3,(H,25,28)/t15-/m1/s1. The van der Waals surface area contributed by atoms with Crippen LogP contribution in [0.2, 0.25) is 0 Å². The molecule has 0 radical (unpaired) electrons. The van der Waals surface area contributed by atoms with E-state index < -0.39 is 0 Å². The third kappa shape index (κ3) is 3.50. The molecule has 0 spiro atoms. The minimum Gasteiger partial charge on any atom is -0.489 e. The number of fused-ring (bicyclic) bond motifs is 2. The van der Waals surface area contributed by atoms with Gasteiger partial charge in [-0.1, -0.05) is 0 Å². The quantitative estimate of drug-likeness (QED) is 0.680. The molecule has 2 aliphatic heterocycles. The molecule has 4 heterocycles. The van der Waals surface area contributed by atoms with Gasteiger partial charge in [-0.05, 0) is 44.0 Å². The number of carbonyl (C=O) groups is 2. The zero-order valence-corrected chi connectivity index (χ0v) is 17.4. The van der Waals surface area contributed by atoms with Gasteiger partial charge in [0.15, 0.2) is 5.65 Å². The first-order valence-corrected chi connectivity index (χ1v) is 10.3. The van der Waals surface area contributed by atoms with Crippen LogP contribution in [0.3, 0.4) is 0 Å². The molecule has 0 saturated carbocycles. The van der Waals surface area contributed by atoms with Crippen LogP contribution in [0.25, 0.3) is 5.65 Å². The van der Waals surface area contributed by atoms with Gasteiger partial charge in [0.25, 0.3) is 11.8 Å². The van der Waals surface area contributed by atoms with Gasteiger partial charge < -0.3 is 19.7 Å². The van der Waals surface area contributed by atoms with Crippen molar-refractivity contribution in [3.05, 3.63) is 53.5 Å². The second-order valence-corrected chi connectivity index (χ2v) is 8.02. The van der Waals surface area contributed by atoms with Gasteiger partial charge in [-0.25, -0.2) is 9.50 Å². The van der Waals surface area contributed by atoms with Gasteiger partial charge in [-0.2, -0.15) is 5.10 Å². The molecule has 3 aromatic rings. The predicted octanol–water partition coefficient (Wildman–Crippen LogP) is 2.51. The number of benzene rings is 1. The molecule has 9 nitrogen and oxygen atoms in total. The van der Waals surface area contributed by atoms with E-state index in [1.807, 2.05) is 24.8 Å². The summed E-state index contributed by atoms with van der Waals surface area (Å²) in [5.74, 6) is 0.0980. The number of hydrogen-bond acceptors (Lipinski definition) is 6. The van der Waals surface area contributed by atoms with E-state index in [4.69, 9.17) is 9.47 Å². The van der Waals surface area contributed by atoms with E-state index in [1.54, 1.807) is 29.0 Å². The summed E-state index contributed by atoms with van der Waals surface area (Å²) in [6.07, 6.45) is 5.54. The third-order valence-corrected chi connectivity index (χ3v) is 5.52. The highest BCUT2D eigenvalue weighted by atomic mass is 16.5. The van der Waals surface area contributed by atoms with Crippen LogP contribution in [0.5, 0.6) is 5.75 Å². The van der Waals surface area contributed by atoms with E-state index in [9.17, 15) is 9.59 Å². The molecule has 9 heteroatoms. The molecule has 2 aliphatic rings. The number of carbonyl (C=O) groups excluding carboxylic acids is 2. The molecular formula is C22H23N5O4. The molecular weight excluding hydrogens is 398 g/mol. The number of hydrogen-bond donors (Lipinski definition) is 1. The summed E-state index contributed by atoms with van der Waals surface area (Å²) >= 11 is 0. The summed E-state index contributed by atoms with van der Waals surface area (Å²) in [4.78, 5) is 32.1. The lowest BCUT2D eigenvalue weighted by Crippen LogP contribution is -2.35. The van der Waals surface area contributed by atoms with Crippen LogP contribution in [-0.4, -0.2) is 56.7 Å². The van der Waals surface area contributed by atoms with Crippen LogP contribution < -0.4 is 10.1 Å². The van der Waals surface area contributed by atoms with Crippen molar-refractivity contribution in [2.45, 2.75) is 39.0 Å². The number of nitrogens with one attached hydrogen (secondary N) is 1. The van der Waals surface area contributed by atoms with Crippen LogP contribution in [0.1, 0.15) is 46.5 Å². The van der Waals surface area contributed by atoms with Crippen molar-refractivity contribution in [2.24, 2.45) is 0 Å². The first-order valence-electron chi connectivity index (χ1n) is 10.3. The van der Waals surface area contributed by atoms with Crippen molar-refractivity contribution in [2.75, 3.05) is 18.5 Å². The molecule has 2 aromatic heterocycles. The number of anilines is 1. The number of aromatic nitrogens is 3. The average Bonchev–Trinajstić information content (AvgIpc) is 3.47. The van der Waals surface area contributed by atoms with Gasteiger partial charge in [0.1, 0.15) is 11.3 Å². The molecule has 1 saturated heterocycles. The highest BCUT2D eigenvalue weighted by Crippen LogP contribution is 2.36. The Bertz CT molecular complexity index is 1170. The number of amides is 2. The highest BCUT2D eigenvalue weighted by molar-refractivity contribution is 6.09. The van der Waals surface area contributed by atoms with Gasteiger partial charge >= 0.3 is 0 Å². The fraction of sp³-hybridized carbons (Fsp3) is 0.364. The van der Waals surface area contributed by atoms with Gasteiger partial charge in [-0.3, -0.25) is 9.59 Å². The summed E-state index contributed by atoms with van der Waals surface area (Å²) < 4.78 is 12.9. The van der Waals surface area contributed by atoms with E-state index in [0.29, 0.717) is 48.0 Å². The Morgan fingerprint density at radius 3 is 3.00 bits per heavy atom.